The van der Waals surface area contributed by atoms with Crippen LogP contribution in [0.3, 0.4) is 0 Å². The van der Waals surface area contributed by atoms with Crippen LogP contribution in [0.1, 0.15) is 65.7 Å². The molecule has 3 heteroatoms. The summed E-state index contributed by atoms with van der Waals surface area (Å²) in [5.74, 6) is 2.26. The molecule has 21 heavy (non-hydrogen) atoms. The number of rotatable bonds is 2. The predicted molar refractivity (Wildman–Crippen MR) is 86.0 cm³/mol. The second-order valence-electron chi connectivity index (χ2n) is 8.61. The van der Waals surface area contributed by atoms with Crippen molar-refractivity contribution in [2.45, 2.75) is 77.8 Å². The molecule has 3 rings (SSSR count). The van der Waals surface area contributed by atoms with E-state index in [-0.39, 0.29) is 17.4 Å². The molecular weight excluding hydrogens is 260 g/mol. The number of carbonyl (C=O) groups excluding carboxylic acids is 1. The molecule has 1 amide bonds. The van der Waals surface area contributed by atoms with Crippen LogP contribution in [0.25, 0.3) is 0 Å². The molecule has 3 fully saturated rings. The van der Waals surface area contributed by atoms with Crippen molar-refractivity contribution >= 4 is 5.91 Å². The van der Waals surface area contributed by atoms with Crippen molar-refractivity contribution in [1.82, 2.24) is 10.6 Å². The highest BCUT2D eigenvalue weighted by molar-refractivity contribution is 5.83. The van der Waals surface area contributed by atoms with Gasteiger partial charge in [0, 0.05) is 6.04 Å². The van der Waals surface area contributed by atoms with Crippen molar-refractivity contribution in [3.8, 4) is 0 Å². The molecule has 1 heterocycles. The van der Waals surface area contributed by atoms with Crippen molar-refractivity contribution in [2.75, 3.05) is 6.54 Å². The minimum atomic E-state index is 0.0834. The molecule has 1 saturated heterocycles. The Labute approximate surface area is 129 Å². The van der Waals surface area contributed by atoms with E-state index in [9.17, 15) is 4.79 Å². The first kappa shape index (κ1) is 15.3. The third-order valence-corrected chi connectivity index (χ3v) is 6.23. The van der Waals surface area contributed by atoms with E-state index in [0.717, 1.165) is 18.9 Å². The Morgan fingerprint density at radius 3 is 2.57 bits per heavy atom. The highest BCUT2D eigenvalue weighted by atomic mass is 16.2. The van der Waals surface area contributed by atoms with Crippen LogP contribution in [0.2, 0.25) is 0 Å². The summed E-state index contributed by atoms with van der Waals surface area (Å²) in [5.41, 5.74) is 0.289. The van der Waals surface area contributed by atoms with Gasteiger partial charge in [0.2, 0.25) is 5.91 Å². The van der Waals surface area contributed by atoms with Crippen molar-refractivity contribution in [1.29, 1.82) is 0 Å². The largest absolute Gasteiger partial charge is 0.352 e. The summed E-state index contributed by atoms with van der Waals surface area (Å²) in [6.07, 6.45) is 8.88. The fourth-order valence-corrected chi connectivity index (χ4v) is 5.09. The lowest BCUT2D eigenvalue weighted by Crippen LogP contribution is -2.52. The van der Waals surface area contributed by atoms with Crippen molar-refractivity contribution in [3.63, 3.8) is 0 Å². The van der Waals surface area contributed by atoms with E-state index in [0.29, 0.717) is 17.9 Å². The van der Waals surface area contributed by atoms with Gasteiger partial charge in [0.15, 0.2) is 0 Å². The van der Waals surface area contributed by atoms with Gasteiger partial charge in [-0.15, -0.1) is 0 Å². The van der Waals surface area contributed by atoms with Crippen molar-refractivity contribution in [3.05, 3.63) is 0 Å². The Kier molecular flexibility index (Phi) is 4.31. The van der Waals surface area contributed by atoms with E-state index in [2.05, 4.69) is 31.4 Å². The zero-order valence-electron chi connectivity index (χ0n) is 14.0. The third kappa shape index (κ3) is 3.13. The van der Waals surface area contributed by atoms with Gasteiger partial charge in [-0.25, -0.2) is 0 Å². The Morgan fingerprint density at radius 2 is 1.81 bits per heavy atom. The Bertz CT molecular complexity index is 387. The third-order valence-electron chi connectivity index (χ3n) is 6.23. The quantitative estimate of drug-likeness (QED) is 0.821. The van der Waals surface area contributed by atoms with Gasteiger partial charge in [0.25, 0.3) is 0 Å². The molecule has 2 N–H and O–H groups in total. The van der Waals surface area contributed by atoms with Crippen molar-refractivity contribution in [2.24, 2.45) is 23.2 Å². The van der Waals surface area contributed by atoms with E-state index in [1.165, 1.54) is 38.5 Å². The number of hydrogen-bond acceptors (Lipinski definition) is 2. The lowest BCUT2D eigenvalue weighted by atomic mass is 9.69. The fraction of sp³-hybridized carbons (Fsp3) is 0.944. The summed E-state index contributed by atoms with van der Waals surface area (Å²) in [4.78, 5) is 12.8. The number of fused-ring (bicyclic) bond motifs is 1. The topological polar surface area (TPSA) is 41.1 Å². The summed E-state index contributed by atoms with van der Waals surface area (Å²) in [6.45, 7) is 8.02. The molecule has 0 spiro atoms. The zero-order valence-corrected chi connectivity index (χ0v) is 14.0. The Hall–Kier alpha value is -0.570. The lowest BCUT2D eigenvalue weighted by Gasteiger charge is -2.41. The number of amides is 1. The highest BCUT2D eigenvalue weighted by Crippen LogP contribution is 2.40. The number of nitrogens with one attached hydrogen (secondary N) is 2. The fourth-order valence-electron chi connectivity index (χ4n) is 5.09. The minimum absolute atomic E-state index is 0.0834. The molecule has 0 radical (unpaired) electrons. The molecule has 2 aliphatic carbocycles. The Balaban J connectivity index is 1.63. The molecule has 5 unspecified atom stereocenters. The summed E-state index contributed by atoms with van der Waals surface area (Å²) in [6, 6.07) is 0.466. The van der Waals surface area contributed by atoms with Crippen LogP contribution in [0, 0.1) is 23.2 Å². The van der Waals surface area contributed by atoms with Gasteiger partial charge in [-0.05, 0) is 55.4 Å². The van der Waals surface area contributed by atoms with Crippen LogP contribution in [-0.4, -0.2) is 24.5 Å². The second kappa shape index (κ2) is 5.91. The SMILES string of the molecule is CC(C)(C)C1CCCCC1NC(=O)C1NCC2CCCC21. The monoisotopic (exact) mass is 292 g/mol. The maximum absolute atomic E-state index is 12.8. The number of hydrogen-bond donors (Lipinski definition) is 2. The van der Waals surface area contributed by atoms with Crippen LogP contribution < -0.4 is 10.6 Å². The molecule has 5 atom stereocenters. The summed E-state index contributed by atoms with van der Waals surface area (Å²) >= 11 is 0. The number of carbonyl (C=O) groups is 1. The van der Waals surface area contributed by atoms with Crippen LogP contribution in [0.5, 0.6) is 0 Å². The molecule has 120 valence electrons. The summed E-state index contributed by atoms with van der Waals surface area (Å²) < 4.78 is 0. The molecule has 1 aliphatic heterocycles. The first-order valence-corrected chi connectivity index (χ1v) is 9.00. The Morgan fingerprint density at radius 1 is 1.05 bits per heavy atom. The van der Waals surface area contributed by atoms with Crippen LogP contribution in [-0.2, 0) is 4.79 Å². The normalized spacial score (nSPS) is 40.0. The maximum atomic E-state index is 12.8. The predicted octanol–water partition coefficient (Wildman–Crippen LogP) is 3.10. The van der Waals surface area contributed by atoms with Gasteiger partial charge < -0.3 is 10.6 Å². The van der Waals surface area contributed by atoms with E-state index in [1.807, 2.05) is 0 Å². The van der Waals surface area contributed by atoms with E-state index < -0.39 is 0 Å². The van der Waals surface area contributed by atoms with Gasteiger partial charge >= 0.3 is 0 Å². The molecular formula is C18H32N2O. The van der Waals surface area contributed by atoms with Crippen LogP contribution in [0.4, 0.5) is 0 Å². The van der Waals surface area contributed by atoms with Gasteiger partial charge in [0.05, 0.1) is 6.04 Å². The molecule has 0 aromatic rings. The minimum Gasteiger partial charge on any atom is -0.352 e. The molecule has 0 aromatic heterocycles. The average Bonchev–Trinajstić information content (AvgIpc) is 2.99. The smallest absolute Gasteiger partial charge is 0.237 e. The first-order valence-electron chi connectivity index (χ1n) is 9.00. The lowest BCUT2D eigenvalue weighted by molar-refractivity contribution is -0.125. The zero-order chi connectivity index (χ0) is 15.0. The van der Waals surface area contributed by atoms with E-state index >= 15 is 0 Å². The van der Waals surface area contributed by atoms with Gasteiger partial charge in [0.1, 0.15) is 0 Å². The molecule has 3 nitrogen and oxygen atoms in total. The molecule has 3 aliphatic rings. The molecule has 0 bridgehead atoms. The maximum Gasteiger partial charge on any atom is 0.237 e. The molecule has 2 saturated carbocycles. The van der Waals surface area contributed by atoms with Crippen LogP contribution >= 0.6 is 0 Å². The molecule has 0 aromatic carbocycles. The second-order valence-corrected chi connectivity index (χ2v) is 8.61. The van der Waals surface area contributed by atoms with E-state index in [4.69, 9.17) is 0 Å². The standard InChI is InChI=1S/C18H32N2O/c1-18(2,3)14-9-4-5-10-15(14)20-17(21)16-13-8-6-7-12(13)11-19-16/h12-16,19H,4-11H2,1-3H3,(H,20,21). The summed E-state index contributed by atoms with van der Waals surface area (Å²) in [5, 5.41) is 6.92. The van der Waals surface area contributed by atoms with Crippen molar-refractivity contribution < 1.29 is 4.79 Å². The van der Waals surface area contributed by atoms with Gasteiger partial charge in [-0.1, -0.05) is 40.0 Å². The average molecular weight is 292 g/mol. The van der Waals surface area contributed by atoms with Crippen LogP contribution in [0.15, 0.2) is 0 Å². The highest BCUT2D eigenvalue weighted by Gasteiger charge is 2.44. The van der Waals surface area contributed by atoms with Gasteiger partial charge in [-0.3, -0.25) is 4.79 Å². The summed E-state index contributed by atoms with van der Waals surface area (Å²) in [7, 11) is 0. The van der Waals surface area contributed by atoms with Gasteiger partial charge in [-0.2, -0.15) is 0 Å². The van der Waals surface area contributed by atoms with E-state index in [1.54, 1.807) is 0 Å². The first-order chi connectivity index (χ1) is 9.97.